The zero-order valence-corrected chi connectivity index (χ0v) is 15.8. The van der Waals surface area contributed by atoms with Crippen LogP contribution >= 0.6 is 0 Å². The van der Waals surface area contributed by atoms with Crippen molar-refractivity contribution in [2.24, 2.45) is 0 Å². The number of rotatable bonds is 6. The van der Waals surface area contributed by atoms with E-state index in [0.717, 1.165) is 19.4 Å². The SMILES string of the molecule is O=C(CCn1cnc2ccccc2c1=O)NCC1CCCN1c1ccccc1. The lowest BCUT2D eigenvalue weighted by Gasteiger charge is -2.27. The van der Waals surface area contributed by atoms with Gasteiger partial charge in [-0.2, -0.15) is 0 Å². The Kier molecular flexibility index (Phi) is 5.37. The van der Waals surface area contributed by atoms with Crippen LogP contribution in [0.15, 0.2) is 65.7 Å². The predicted molar refractivity (Wildman–Crippen MR) is 110 cm³/mol. The summed E-state index contributed by atoms with van der Waals surface area (Å²) in [6.07, 6.45) is 3.99. The number of benzene rings is 2. The Morgan fingerprint density at radius 2 is 1.89 bits per heavy atom. The molecule has 1 saturated heterocycles. The molecule has 1 aliphatic heterocycles. The van der Waals surface area contributed by atoms with Gasteiger partial charge in [-0.1, -0.05) is 30.3 Å². The summed E-state index contributed by atoms with van der Waals surface area (Å²) in [5, 5.41) is 3.61. The van der Waals surface area contributed by atoms with Gasteiger partial charge in [0.05, 0.1) is 17.2 Å². The van der Waals surface area contributed by atoms with Crippen LogP contribution < -0.4 is 15.8 Å². The van der Waals surface area contributed by atoms with Crippen LogP contribution in [0.1, 0.15) is 19.3 Å². The molecule has 0 saturated carbocycles. The van der Waals surface area contributed by atoms with Crippen molar-refractivity contribution in [2.75, 3.05) is 18.0 Å². The molecular weight excluding hydrogens is 352 g/mol. The summed E-state index contributed by atoms with van der Waals surface area (Å²) >= 11 is 0. The van der Waals surface area contributed by atoms with E-state index in [1.54, 1.807) is 6.07 Å². The van der Waals surface area contributed by atoms with E-state index in [-0.39, 0.29) is 17.9 Å². The van der Waals surface area contributed by atoms with Crippen molar-refractivity contribution in [1.29, 1.82) is 0 Å². The monoisotopic (exact) mass is 376 g/mol. The molecule has 6 heteroatoms. The van der Waals surface area contributed by atoms with Crippen LogP contribution in [0, 0.1) is 0 Å². The Balaban J connectivity index is 1.33. The number of aromatic nitrogens is 2. The largest absolute Gasteiger partial charge is 0.367 e. The fraction of sp³-hybridized carbons (Fsp3) is 0.318. The first-order valence-corrected chi connectivity index (χ1v) is 9.75. The normalized spacial score (nSPS) is 16.4. The van der Waals surface area contributed by atoms with Crippen LogP contribution in [0.4, 0.5) is 5.69 Å². The second-order valence-electron chi connectivity index (χ2n) is 7.14. The van der Waals surface area contributed by atoms with E-state index in [1.165, 1.54) is 16.6 Å². The second-order valence-corrected chi connectivity index (χ2v) is 7.14. The molecule has 3 aromatic rings. The third kappa shape index (κ3) is 3.91. The van der Waals surface area contributed by atoms with Gasteiger partial charge in [-0.3, -0.25) is 14.2 Å². The van der Waals surface area contributed by atoms with Crippen LogP contribution in [0.5, 0.6) is 0 Å². The van der Waals surface area contributed by atoms with Gasteiger partial charge in [-0.05, 0) is 37.1 Å². The minimum absolute atomic E-state index is 0.0417. The molecular formula is C22H24N4O2. The van der Waals surface area contributed by atoms with Crippen LogP contribution in [0.3, 0.4) is 0 Å². The average Bonchev–Trinajstić information content (AvgIpc) is 3.21. The maximum absolute atomic E-state index is 12.5. The molecule has 1 unspecified atom stereocenters. The highest BCUT2D eigenvalue weighted by Gasteiger charge is 2.24. The molecule has 6 nitrogen and oxygen atoms in total. The molecule has 1 N–H and O–H groups in total. The predicted octanol–water partition coefficient (Wildman–Crippen LogP) is 2.57. The minimum Gasteiger partial charge on any atom is -0.367 e. The van der Waals surface area contributed by atoms with E-state index in [9.17, 15) is 9.59 Å². The number of nitrogens with one attached hydrogen (secondary N) is 1. The molecule has 1 aromatic heterocycles. The highest BCUT2D eigenvalue weighted by Crippen LogP contribution is 2.24. The van der Waals surface area contributed by atoms with E-state index in [0.29, 0.717) is 30.0 Å². The first-order valence-electron chi connectivity index (χ1n) is 9.75. The van der Waals surface area contributed by atoms with Gasteiger partial charge in [0.15, 0.2) is 0 Å². The Labute approximate surface area is 163 Å². The lowest BCUT2D eigenvalue weighted by Crippen LogP contribution is -2.40. The molecule has 0 aliphatic carbocycles. The van der Waals surface area contributed by atoms with Crippen molar-refractivity contribution in [3.05, 3.63) is 71.3 Å². The van der Waals surface area contributed by atoms with Crippen LogP contribution in [0.25, 0.3) is 10.9 Å². The van der Waals surface area contributed by atoms with Crippen LogP contribution in [-0.2, 0) is 11.3 Å². The number of carbonyl (C=O) groups is 1. The molecule has 2 heterocycles. The minimum atomic E-state index is -0.107. The van der Waals surface area contributed by atoms with E-state index in [4.69, 9.17) is 0 Å². The number of aryl methyl sites for hydroxylation is 1. The van der Waals surface area contributed by atoms with Gasteiger partial charge in [0, 0.05) is 37.8 Å². The van der Waals surface area contributed by atoms with Crippen molar-refractivity contribution >= 4 is 22.5 Å². The smallest absolute Gasteiger partial charge is 0.261 e. The number of nitrogens with zero attached hydrogens (tertiary/aromatic N) is 3. The molecule has 144 valence electrons. The fourth-order valence-electron chi connectivity index (χ4n) is 3.81. The second kappa shape index (κ2) is 8.25. The number of hydrogen-bond acceptors (Lipinski definition) is 4. The quantitative estimate of drug-likeness (QED) is 0.718. The molecule has 0 bridgehead atoms. The van der Waals surface area contributed by atoms with Crippen molar-refractivity contribution in [2.45, 2.75) is 31.8 Å². The van der Waals surface area contributed by atoms with Gasteiger partial charge >= 0.3 is 0 Å². The standard InChI is InChI=1S/C22H24N4O2/c27-21(12-14-25-16-24-20-11-5-4-10-19(20)22(25)28)23-15-18-9-6-13-26(18)17-7-2-1-3-8-17/h1-5,7-8,10-11,16,18H,6,9,12-15H2,(H,23,27). The van der Waals surface area contributed by atoms with E-state index < -0.39 is 0 Å². The number of carbonyl (C=O) groups excluding carboxylic acids is 1. The molecule has 1 atom stereocenters. The molecule has 0 spiro atoms. The summed E-state index contributed by atoms with van der Waals surface area (Å²) in [4.78, 5) is 31.5. The molecule has 28 heavy (non-hydrogen) atoms. The molecule has 0 radical (unpaired) electrons. The Morgan fingerprint density at radius 1 is 1.11 bits per heavy atom. The third-order valence-electron chi connectivity index (χ3n) is 5.31. The highest BCUT2D eigenvalue weighted by atomic mass is 16.1. The summed E-state index contributed by atoms with van der Waals surface area (Å²) in [5.41, 5.74) is 1.77. The van der Waals surface area contributed by atoms with Gasteiger partial charge in [0.1, 0.15) is 0 Å². The average molecular weight is 376 g/mol. The molecule has 4 rings (SSSR count). The fourth-order valence-corrected chi connectivity index (χ4v) is 3.81. The zero-order valence-electron chi connectivity index (χ0n) is 15.8. The van der Waals surface area contributed by atoms with Gasteiger partial charge in [0.25, 0.3) is 5.56 Å². The van der Waals surface area contributed by atoms with E-state index >= 15 is 0 Å². The Morgan fingerprint density at radius 3 is 2.75 bits per heavy atom. The molecule has 1 fully saturated rings. The first-order chi connectivity index (χ1) is 13.7. The van der Waals surface area contributed by atoms with Gasteiger partial charge in [0.2, 0.25) is 5.91 Å². The lowest BCUT2D eigenvalue weighted by molar-refractivity contribution is -0.121. The summed E-state index contributed by atoms with van der Waals surface area (Å²) in [7, 11) is 0. The number of amides is 1. The van der Waals surface area contributed by atoms with E-state index in [1.807, 2.05) is 36.4 Å². The maximum Gasteiger partial charge on any atom is 0.261 e. The van der Waals surface area contributed by atoms with Gasteiger partial charge < -0.3 is 10.2 Å². The third-order valence-corrected chi connectivity index (χ3v) is 5.31. The number of anilines is 1. The van der Waals surface area contributed by atoms with Gasteiger partial charge in [-0.15, -0.1) is 0 Å². The first kappa shape index (κ1) is 18.2. The summed E-state index contributed by atoms with van der Waals surface area (Å²) in [6, 6.07) is 17.9. The van der Waals surface area contributed by atoms with Crippen molar-refractivity contribution in [1.82, 2.24) is 14.9 Å². The van der Waals surface area contributed by atoms with Crippen molar-refractivity contribution in [3.8, 4) is 0 Å². The maximum atomic E-state index is 12.5. The van der Waals surface area contributed by atoms with Crippen LogP contribution in [-0.4, -0.2) is 34.6 Å². The van der Waals surface area contributed by atoms with Crippen LogP contribution in [0.2, 0.25) is 0 Å². The lowest BCUT2D eigenvalue weighted by atomic mass is 10.2. The topological polar surface area (TPSA) is 67.2 Å². The van der Waals surface area contributed by atoms with E-state index in [2.05, 4.69) is 27.3 Å². The molecule has 1 amide bonds. The molecule has 2 aromatic carbocycles. The van der Waals surface area contributed by atoms with Crippen molar-refractivity contribution < 1.29 is 4.79 Å². The Hall–Kier alpha value is -3.15. The number of para-hydroxylation sites is 2. The molecule has 1 aliphatic rings. The Bertz CT molecular complexity index is 1020. The van der Waals surface area contributed by atoms with Crippen molar-refractivity contribution in [3.63, 3.8) is 0 Å². The number of hydrogen-bond donors (Lipinski definition) is 1. The summed E-state index contributed by atoms with van der Waals surface area (Å²) in [6.45, 7) is 1.97. The van der Waals surface area contributed by atoms with Gasteiger partial charge in [-0.25, -0.2) is 4.98 Å². The zero-order chi connectivity index (χ0) is 19.3. The summed E-state index contributed by atoms with van der Waals surface area (Å²) < 4.78 is 1.51. The highest BCUT2D eigenvalue weighted by molar-refractivity contribution is 5.77. The summed E-state index contributed by atoms with van der Waals surface area (Å²) in [5.74, 6) is -0.0417. The number of fused-ring (bicyclic) bond motifs is 1.